The van der Waals surface area contributed by atoms with Crippen molar-refractivity contribution in [3.05, 3.63) is 68.7 Å². The third-order valence-electron chi connectivity index (χ3n) is 4.53. The molecule has 162 valence electrons. The van der Waals surface area contributed by atoms with E-state index < -0.39 is 12.1 Å². The van der Waals surface area contributed by atoms with Gasteiger partial charge in [0.2, 0.25) is 0 Å². The van der Waals surface area contributed by atoms with Crippen LogP contribution in [0.2, 0.25) is 0 Å². The molecule has 0 aliphatic heterocycles. The molecule has 2 aromatic carbocycles. The fraction of sp³-hybridized carbons (Fsp3) is 0.304. The van der Waals surface area contributed by atoms with Crippen LogP contribution in [0.15, 0.2) is 56.8 Å². The molecule has 0 fully saturated rings. The minimum atomic E-state index is -0.708. The molecular weight excluding hydrogens is 462 g/mol. The molecule has 7 nitrogen and oxygen atoms in total. The van der Waals surface area contributed by atoms with E-state index >= 15 is 0 Å². The molecule has 0 saturated heterocycles. The second-order valence-electron chi connectivity index (χ2n) is 8.06. The zero-order chi connectivity index (χ0) is 22.8. The summed E-state index contributed by atoms with van der Waals surface area (Å²) >= 11 is 3.41. The molecule has 0 aliphatic rings. The number of ether oxygens (including phenoxy) is 2. The van der Waals surface area contributed by atoms with Crippen LogP contribution >= 0.6 is 15.9 Å². The lowest BCUT2D eigenvalue weighted by Gasteiger charge is -2.20. The largest absolute Gasteiger partial charge is 0.479 e. The van der Waals surface area contributed by atoms with Crippen LogP contribution in [0.3, 0.4) is 0 Å². The van der Waals surface area contributed by atoms with Gasteiger partial charge in [-0.3, -0.25) is 4.79 Å². The summed E-state index contributed by atoms with van der Waals surface area (Å²) in [6.45, 7) is 7.58. The Morgan fingerprint density at radius 2 is 1.87 bits per heavy atom. The Bertz CT molecular complexity index is 1190. The smallest absolute Gasteiger partial charge is 0.346 e. The van der Waals surface area contributed by atoms with Gasteiger partial charge in [0.05, 0.1) is 24.2 Å². The predicted molar refractivity (Wildman–Crippen MR) is 124 cm³/mol. The van der Waals surface area contributed by atoms with E-state index in [1.54, 1.807) is 43.5 Å². The summed E-state index contributed by atoms with van der Waals surface area (Å²) in [5, 5.41) is 4.93. The van der Waals surface area contributed by atoms with Crippen LogP contribution in [0.25, 0.3) is 10.9 Å². The normalized spacial score (nSPS) is 12.8. The van der Waals surface area contributed by atoms with E-state index in [0.717, 1.165) is 10.0 Å². The number of fused-ring (bicyclic) bond motifs is 1. The van der Waals surface area contributed by atoms with E-state index in [1.807, 2.05) is 32.9 Å². The monoisotopic (exact) mass is 485 g/mol. The first-order valence-corrected chi connectivity index (χ1v) is 10.5. The Labute approximate surface area is 188 Å². The summed E-state index contributed by atoms with van der Waals surface area (Å²) in [6, 6.07) is 12.5. The number of hydrogen-bond donors (Lipinski definition) is 0. The zero-order valence-corrected chi connectivity index (χ0v) is 19.6. The highest BCUT2D eigenvalue weighted by atomic mass is 79.9. The standard InChI is InChI=1S/C23H24BrN3O4/c1-14(21(29)30-5)31-17-9-6-15(7-10-17)13-25-27-20(28)18-12-16(24)8-11-19(18)26-22(27)23(2,3)4/h6-14H,1-5H3/t14-/m0/s1. The fourth-order valence-electron chi connectivity index (χ4n) is 2.92. The highest BCUT2D eigenvalue weighted by Crippen LogP contribution is 2.23. The summed E-state index contributed by atoms with van der Waals surface area (Å²) < 4.78 is 12.3. The number of benzene rings is 2. The maximum absolute atomic E-state index is 13.2. The predicted octanol–water partition coefficient (Wildman–Crippen LogP) is 4.28. The van der Waals surface area contributed by atoms with Crippen molar-refractivity contribution in [2.75, 3.05) is 7.11 Å². The van der Waals surface area contributed by atoms with Crippen LogP contribution in [0.4, 0.5) is 0 Å². The molecule has 0 aliphatic carbocycles. The number of carbonyl (C=O) groups is 1. The van der Waals surface area contributed by atoms with Crippen molar-refractivity contribution in [3.63, 3.8) is 0 Å². The molecule has 0 amide bonds. The molecule has 1 aromatic heterocycles. The molecule has 0 radical (unpaired) electrons. The average Bonchev–Trinajstić information content (AvgIpc) is 2.73. The Morgan fingerprint density at radius 3 is 2.48 bits per heavy atom. The lowest BCUT2D eigenvalue weighted by Crippen LogP contribution is -2.29. The minimum Gasteiger partial charge on any atom is -0.479 e. The topological polar surface area (TPSA) is 82.8 Å². The highest BCUT2D eigenvalue weighted by molar-refractivity contribution is 9.10. The van der Waals surface area contributed by atoms with Gasteiger partial charge >= 0.3 is 5.97 Å². The zero-order valence-electron chi connectivity index (χ0n) is 18.0. The molecule has 31 heavy (non-hydrogen) atoms. The van der Waals surface area contributed by atoms with E-state index in [9.17, 15) is 9.59 Å². The average molecular weight is 486 g/mol. The van der Waals surface area contributed by atoms with Gasteiger partial charge in [-0.05, 0) is 55.0 Å². The summed E-state index contributed by atoms with van der Waals surface area (Å²) in [5.41, 5.74) is 0.767. The number of hydrogen-bond acceptors (Lipinski definition) is 6. The van der Waals surface area contributed by atoms with Gasteiger partial charge in [0.25, 0.3) is 5.56 Å². The Hall–Kier alpha value is -3.00. The van der Waals surface area contributed by atoms with Crippen LogP contribution in [0.1, 0.15) is 39.1 Å². The number of rotatable bonds is 5. The van der Waals surface area contributed by atoms with Crippen molar-refractivity contribution in [1.82, 2.24) is 9.66 Å². The van der Waals surface area contributed by atoms with E-state index in [4.69, 9.17) is 9.72 Å². The van der Waals surface area contributed by atoms with Gasteiger partial charge in [-0.1, -0.05) is 36.7 Å². The van der Waals surface area contributed by atoms with Crippen molar-refractivity contribution in [2.24, 2.45) is 5.10 Å². The molecule has 0 saturated carbocycles. The summed E-state index contributed by atoms with van der Waals surface area (Å²) in [4.78, 5) is 29.4. The van der Waals surface area contributed by atoms with Gasteiger partial charge in [-0.2, -0.15) is 9.78 Å². The number of carbonyl (C=O) groups excluding carboxylic acids is 1. The SMILES string of the molecule is COC(=O)[C@H](C)Oc1ccc(C=Nn2c(C(C)(C)C)nc3ccc(Br)cc3c2=O)cc1. The molecule has 0 unspecified atom stereocenters. The van der Waals surface area contributed by atoms with Crippen molar-refractivity contribution >= 4 is 39.0 Å². The Balaban J connectivity index is 1.96. The molecule has 1 heterocycles. The van der Waals surface area contributed by atoms with E-state index in [-0.39, 0.29) is 11.0 Å². The first-order valence-electron chi connectivity index (χ1n) is 9.72. The second kappa shape index (κ2) is 9.01. The van der Waals surface area contributed by atoms with Crippen LogP contribution in [-0.4, -0.2) is 35.1 Å². The Morgan fingerprint density at radius 1 is 1.19 bits per heavy atom. The van der Waals surface area contributed by atoms with Crippen LogP contribution in [-0.2, 0) is 14.9 Å². The fourth-order valence-corrected chi connectivity index (χ4v) is 3.28. The summed E-state index contributed by atoms with van der Waals surface area (Å²) in [6.07, 6.45) is 0.885. The summed E-state index contributed by atoms with van der Waals surface area (Å²) in [7, 11) is 1.32. The van der Waals surface area contributed by atoms with Gasteiger partial charge in [0.15, 0.2) is 6.10 Å². The summed E-state index contributed by atoms with van der Waals surface area (Å²) in [5.74, 6) is 0.644. The molecule has 1 atom stereocenters. The van der Waals surface area contributed by atoms with E-state index in [2.05, 4.69) is 25.8 Å². The van der Waals surface area contributed by atoms with E-state index in [0.29, 0.717) is 22.5 Å². The van der Waals surface area contributed by atoms with E-state index in [1.165, 1.54) is 11.8 Å². The number of aromatic nitrogens is 2. The second-order valence-corrected chi connectivity index (χ2v) is 8.98. The van der Waals surface area contributed by atoms with Gasteiger partial charge < -0.3 is 9.47 Å². The number of halogens is 1. The lowest BCUT2D eigenvalue weighted by atomic mass is 9.95. The number of nitrogens with zero attached hydrogens (tertiary/aromatic N) is 3. The quantitative estimate of drug-likeness (QED) is 0.397. The van der Waals surface area contributed by atoms with Gasteiger partial charge in [-0.15, -0.1) is 0 Å². The van der Waals surface area contributed by atoms with Crippen LogP contribution < -0.4 is 10.3 Å². The molecule has 8 heteroatoms. The molecular formula is C23H24BrN3O4. The molecule has 0 spiro atoms. The van der Waals surface area contributed by atoms with Gasteiger partial charge in [0, 0.05) is 9.89 Å². The maximum Gasteiger partial charge on any atom is 0.346 e. The third-order valence-corrected chi connectivity index (χ3v) is 5.02. The van der Waals surface area contributed by atoms with Crippen molar-refractivity contribution in [2.45, 2.75) is 39.2 Å². The highest BCUT2D eigenvalue weighted by Gasteiger charge is 2.23. The third kappa shape index (κ3) is 5.19. The molecule has 0 N–H and O–H groups in total. The van der Waals surface area contributed by atoms with Crippen LogP contribution in [0, 0.1) is 0 Å². The molecule has 3 aromatic rings. The van der Waals surface area contributed by atoms with Gasteiger partial charge in [0.1, 0.15) is 11.6 Å². The minimum absolute atomic E-state index is 0.237. The number of methoxy groups -OCH3 is 1. The lowest BCUT2D eigenvalue weighted by molar-refractivity contribution is -0.147. The van der Waals surface area contributed by atoms with Gasteiger partial charge in [-0.25, -0.2) is 9.78 Å². The molecule has 0 bridgehead atoms. The first-order chi connectivity index (χ1) is 14.6. The molecule has 3 rings (SSSR count). The maximum atomic E-state index is 13.2. The first kappa shape index (κ1) is 22.7. The number of esters is 1. The Kier molecular flexibility index (Phi) is 6.59. The van der Waals surface area contributed by atoms with Crippen molar-refractivity contribution in [3.8, 4) is 5.75 Å². The van der Waals surface area contributed by atoms with Crippen LogP contribution in [0.5, 0.6) is 5.75 Å². The van der Waals surface area contributed by atoms with Crippen molar-refractivity contribution < 1.29 is 14.3 Å². The van der Waals surface area contributed by atoms with Crippen molar-refractivity contribution in [1.29, 1.82) is 0 Å².